The van der Waals surface area contributed by atoms with Crippen LogP contribution < -0.4 is 11.1 Å². The van der Waals surface area contributed by atoms with Gasteiger partial charge in [0.05, 0.1) is 12.4 Å². The minimum atomic E-state index is -0.179. The molecular formula is C10H14N4O. The van der Waals surface area contributed by atoms with Crippen LogP contribution in [0.2, 0.25) is 0 Å². The average Bonchev–Trinajstić information content (AvgIpc) is 2.70. The van der Waals surface area contributed by atoms with Crippen molar-refractivity contribution in [2.24, 2.45) is 0 Å². The minimum absolute atomic E-state index is 0.179. The van der Waals surface area contributed by atoms with Crippen LogP contribution in [0.5, 0.6) is 0 Å². The Labute approximate surface area is 88.1 Å². The highest BCUT2D eigenvalue weighted by molar-refractivity contribution is 5.92. The van der Waals surface area contributed by atoms with Gasteiger partial charge in [0, 0.05) is 6.04 Å². The van der Waals surface area contributed by atoms with Crippen molar-refractivity contribution < 1.29 is 4.79 Å². The lowest BCUT2D eigenvalue weighted by molar-refractivity contribution is 0.0932. The number of carbonyl (C=O) groups is 1. The van der Waals surface area contributed by atoms with Gasteiger partial charge in [-0.15, -0.1) is 0 Å². The van der Waals surface area contributed by atoms with Gasteiger partial charge in [-0.2, -0.15) is 0 Å². The molecule has 0 spiro atoms. The largest absolute Gasteiger partial charge is 0.382 e. The molecule has 15 heavy (non-hydrogen) atoms. The zero-order valence-electron chi connectivity index (χ0n) is 8.44. The summed E-state index contributed by atoms with van der Waals surface area (Å²) in [5.74, 6) is 0.0933. The van der Waals surface area contributed by atoms with E-state index in [2.05, 4.69) is 15.3 Å². The molecule has 0 bridgehead atoms. The Balaban J connectivity index is 2.01. The highest BCUT2D eigenvalue weighted by atomic mass is 16.1. The van der Waals surface area contributed by atoms with E-state index in [1.165, 1.54) is 25.2 Å². The van der Waals surface area contributed by atoms with Crippen LogP contribution >= 0.6 is 0 Å². The lowest BCUT2D eigenvalue weighted by Gasteiger charge is -2.10. The Morgan fingerprint density at radius 2 is 2.13 bits per heavy atom. The molecule has 0 radical (unpaired) electrons. The predicted octanol–water partition coefficient (Wildman–Crippen LogP) is 0.731. The fourth-order valence-corrected chi connectivity index (χ4v) is 1.82. The Bertz CT molecular complexity index is 360. The van der Waals surface area contributed by atoms with Crippen molar-refractivity contribution in [3.63, 3.8) is 0 Å². The molecule has 1 aliphatic carbocycles. The van der Waals surface area contributed by atoms with E-state index >= 15 is 0 Å². The van der Waals surface area contributed by atoms with E-state index in [0.717, 1.165) is 12.8 Å². The average molecular weight is 206 g/mol. The van der Waals surface area contributed by atoms with Gasteiger partial charge >= 0.3 is 0 Å². The highest BCUT2D eigenvalue weighted by Gasteiger charge is 2.18. The maximum atomic E-state index is 11.7. The number of hydrogen-bond acceptors (Lipinski definition) is 4. The van der Waals surface area contributed by atoms with Crippen LogP contribution in [0.3, 0.4) is 0 Å². The van der Waals surface area contributed by atoms with Crippen LogP contribution in [0.1, 0.15) is 36.2 Å². The fraction of sp³-hybridized carbons (Fsp3) is 0.500. The molecule has 0 aliphatic heterocycles. The molecule has 1 saturated carbocycles. The van der Waals surface area contributed by atoms with E-state index in [9.17, 15) is 4.79 Å². The van der Waals surface area contributed by atoms with Crippen molar-refractivity contribution in [3.8, 4) is 0 Å². The number of nitrogens with two attached hydrogens (primary N) is 1. The number of nitrogens with one attached hydrogen (secondary N) is 1. The SMILES string of the molecule is Nc1cncc(C(=O)NC2CCCC2)n1. The summed E-state index contributed by atoms with van der Waals surface area (Å²) in [5, 5.41) is 2.93. The number of anilines is 1. The number of nitrogens with zero attached hydrogens (tertiary/aromatic N) is 2. The number of aromatic nitrogens is 2. The van der Waals surface area contributed by atoms with Crippen molar-refractivity contribution in [2.45, 2.75) is 31.7 Å². The first-order valence-electron chi connectivity index (χ1n) is 5.14. The molecule has 2 rings (SSSR count). The normalized spacial score (nSPS) is 16.5. The van der Waals surface area contributed by atoms with Gasteiger partial charge in [0.25, 0.3) is 5.91 Å². The van der Waals surface area contributed by atoms with Gasteiger partial charge in [-0.25, -0.2) is 4.98 Å². The Kier molecular flexibility index (Phi) is 2.80. The molecule has 80 valence electrons. The fourth-order valence-electron chi connectivity index (χ4n) is 1.82. The Morgan fingerprint density at radius 1 is 1.40 bits per heavy atom. The third-order valence-corrected chi connectivity index (χ3v) is 2.58. The maximum absolute atomic E-state index is 11.7. The number of carbonyl (C=O) groups excluding carboxylic acids is 1. The van der Waals surface area contributed by atoms with Gasteiger partial charge in [-0.1, -0.05) is 12.8 Å². The molecule has 1 heterocycles. The molecule has 0 aromatic carbocycles. The summed E-state index contributed by atoms with van der Waals surface area (Å²) < 4.78 is 0. The van der Waals surface area contributed by atoms with E-state index in [1.807, 2.05) is 0 Å². The predicted molar refractivity (Wildman–Crippen MR) is 56.2 cm³/mol. The first-order chi connectivity index (χ1) is 7.25. The minimum Gasteiger partial charge on any atom is -0.382 e. The molecule has 0 saturated heterocycles. The van der Waals surface area contributed by atoms with Crippen molar-refractivity contribution in [1.82, 2.24) is 15.3 Å². The lowest BCUT2D eigenvalue weighted by atomic mass is 10.2. The van der Waals surface area contributed by atoms with Crippen LogP contribution in [0.25, 0.3) is 0 Å². The number of hydrogen-bond donors (Lipinski definition) is 2. The summed E-state index contributed by atoms with van der Waals surface area (Å²) in [4.78, 5) is 19.4. The van der Waals surface area contributed by atoms with E-state index in [0.29, 0.717) is 11.7 Å². The quantitative estimate of drug-likeness (QED) is 0.747. The van der Waals surface area contributed by atoms with E-state index < -0.39 is 0 Å². The van der Waals surface area contributed by atoms with Gasteiger partial charge < -0.3 is 11.1 Å². The van der Waals surface area contributed by atoms with E-state index in [-0.39, 0.29) is 11.7 Å². The molecule has 1 amide bonds. The Morgan fingerprint density at radius 3 is 2.80 bits per heavy atom. The van der Waals surface area contributed by atoms with Gasteiger partial charge in [-0.05, 0) is 12.8 Å². The van der Waals surface area contributed by atoms with Crippen molar-refractivity contribution in [2.75, 3.05) is 5.73 Å². The maximum Gasteiger partial charge on any atom is 0.271 e. The Hall–Kier alpha value is -1.65. The van der Waals surface area contributed by atoms with Crippen LogP contribution in [0, 0.1) is 0 Å². The summed E-state index contributed by atoms with van der Waals surface area (Å²) in [7, 11) is 0. The topological polar surface area (TPSA) is 80.9 Å². The molecule has 0 atom stereocenters. The smallest absolute Gasteiger partial charge is 0.271 e. The lowest BCUT2D eigenvalue weighted by Crippen LogP contribution is -2.33. The summed E-state index contributed by atoms with van der Waals surface area (Å²) in [6.45, 7) is 0. The number of rotatable bonds is 2. The molecule has 5 heteroatoms. The van der Waals surface area contributed by atoms with E-state index in [1.54, 1.807) is 0 Å². The highest BCUT2D eigenvalue weighted by Crippen LogP contribution is 2.17. The second kappa shape index (κ2) is 4.25. The van der Waals surface area contributed by atoms with Crippen LogP contribution in [0.4, 0.5) is 5.82 Å². The standard InChI is InChI=1S/C10H14N4O/c11-9-6-12-5-8(14-9)10(15)13-7-3-1-2-4-7/h5-7H,1-4H2,(H2,11,14)(H,13,15). The first kappa shape index (κ1) is 9.89. The van der Waals surface area contributed by atoms with Gasteiger partial charge in [-0.3, -0.25) is 9.78 Å². The monoisotopic (exact) mass is 206 g/mol. The first-order valence-corrected chi connectivity index (χ1v) is 5.14. The van der Waals surface area contributed by atoms with Crippen LogP contribution in [-0.4, -0.2) is 21.9 Å². The summed E-state index contributed by atoms with van der Waals surface area (Å²) in [5.41, 5.74) is 5.74. The molecule has 1 fully saturated rings. The van der Waals surface area contributed by atoms with Crippen molar-refractivity contribution in [1.29, 1.82) is 0 Å². The molecule has 1 aromatic rings. The zero-order valence-corrected chi connectivity index (χ0v) is 8.44. The third kappa shape index (κ3) is 2.43. The third-order valence-electron chi connectivity index (χ3n) is 2.58. The van der Waals surface area contributed by atoms with Gasteiger partial charge in [0.15, 0.2) is 0 Å². The van der Waals surface area contributed by atoms with Crippen molar-refractivity contribution >= 4 is 11.7 Å². The number of amides is 1. The molecule has 3 N–H and O–H groups in total. The molecule has 0 unspecified atom stereocenters. The molecule has 1 aromatic heterocycles. The van der Waals surface area contributed by atoms with Gasteiger partial charge in [0.2, 0.25) is 0 Å². The van der Waals surface area contributed by atoms with Crippen molar-refractivity contribution in [3.05, 3.63) is 18.1 Å². The van der Waals surface area contributed by atoms with Crippen LogP contribution in [-0.2, 0) is 0 Å². The summed E-state index contributed by atoms with van der Waals surface area (Å²) in [6, 6.07) is 0.292. The second-order valence-corrected chi connectivity index (χ2v) is 3.78. The molecule has 1 aliphatic rings. The summed E-state index contributed by atoms with van der Waals surface area (Å²) >= 11 is 0. The van der Waals surface area contributed by atoms with E-state index in [4.69, 9.17) is 5.73 Å². The molecular weight excluding hydrogens is 192 g/mol. The van der Waals surface area contributed by atoms with Gasteiger partial charge in [0.1, 0.15) is 11.5 Å². The summed E-state index contributed by atoms with van der Waals surface area (Å²) in [6.07, 6.45) is 7.34. The zero-order chi connectivity index (χ0) is 10.7. The second-order valence-electron chi connectivity index (χ2n) is 3.78. The molecule has 5 nitrogen and oxygen atoms in total. The number of nitrogen functional groups attached to an aromatic ring is 1. The van der Waals surface area contributed by atoms with Crippen LogP contribution in [0.15, 0.2) is 12.4 Å².